The number of Topliss-reactive ketones (excluding diaryl/α,β-unsaturated/α-hetero) is 1. The molecule has 2 N–H and O–H groups in total. The fourth-order valence-corrected chi connectivity index (χ4v) is 2.47. The fraction of sp³-hybridized carbons (Fsp3) is 0.500. The van der Waals surface area contributed by atoms with Crippen molar-refractivity contribution in [2.24, 2.45) is 5.73 Å². The predicted octanol–water partition coefficient (Wildman–Crippen LogP) is 3.10. The van der Waals surface area contributed by atoms with Crippen LogP contribution >= 0.6 is 22.9 Å². The van der Waals surface area contributed by atoms with E-state index in [0.717, 1.165) is 6.42 Å². The second-order valence-electron chi connectivity index (χ2n) is 3.60. The van der Waals surface area contributed by atoms with E-state index in [1.165, 1.54) is 11.3 Å². The molecule has 14 heavy (non-hydrogen) atoms. The van der Waals surface area contributed by atoms with Crippen molar-refractivity contribution in [2.75, 3.05) is 0 Å². The summed E-state index contributed by atoms with van der Waals surface area (Å²) in [5.74, 6) is -0.0174. The molecule has 1 unspecified atom stereocenters. The highest BCUT2D eigenvalue weighted by Gasteiger charge is 2.29. The van der Waals surface area contributed by atoms with Gasteiger partial charge in [0.25, 0.3) is 0 Å². The lowest BCUT2D eigenvalue weighted by molar-refractivity contribution is 0.0897. The Morgan fingerprint density at radius 1 is 1.64 bits per heavy atom. The average molecular weight is 232 g/mol. The summed E-state index contributed by atoms with van der Waals surface area (Å²) in [5.41, 5.74) is 5.17. The Bertz CT molecular complexity index is 333. The van der Waals surface area contributed by atoms with Crippen molar-refractivity contribution in [1.29, 1.82) is 0 Å². The molecule has 0 spiro atoms. The topological polar surface area (TPSA) is 43.1 Å². The summed E-state index contributed by atoms with van der Waals surface area (Å²) in [5, 5.41) is 0. The summed E-state index contributed by atoms with van der Waals surface area (Å²) in [6.07, 6.45) is 1.60. The van der Waals surface area contributed by atoms with Crippen LogP contribution in [0.3, 0.4) is 0 Å². The van der Waals surface area contributed by atoms with E-state index >= 15 is 0 Å². The van der Waals surface area contributed by atoms with Gasteiger partial charge in [0.05, 0.1) is 14.8 Å². The van der Waals surface area contributed by atoms with Crippen LogP contribution in [-0.4, -0.2) is 11.3 Å². The zero-order valence-corrected chi connectivity index (χ0v) is 9.91. The third kappa shape index (κ3) is 2.56. The van der Waals surface area contributed by atoms with Gasteiger partial charge in [-0.2, -0.15) is 0 Å². The Hall–Kier alpha value is -0.380. The SMILES string of the molecule is CCCC(C)(N)C(=O)c1ccc(Cl)s1. The van der Waals surface area contributed by atoms with Gasteiger partial charge in [-0.05, 0) is 25.5 Å². The van der Waals surface area contributed by atoms with Crippen LogP contribution in [0.4, 0.5) is 0 Å². The maximum atomic E-state index is 11.9. The highest BCUT2D eigenvalue weighted by molar-refractivity contribution is 7.18. The molecule has 0 aromatic carbocycles. The van der Waals surface area contributed by atoms with E-state index in [2.05, 4.69) is 0 Å². The fourth-order valence-electron chi connectivity index (χ4n) is 1.35. The minimum absolute atomic E-state index is 0.0174. The van der Waals surface area contributed by atoms with Crippen LogP contribution < -0.4 is 5.73 Å². The predicted molar refractivity (Wildman–Crippen MR) is 61.2 cm³/mol. The first kappa shape index (κ1) is 11.7. The summed E-state index contributed by atoms with van der Waals surface area (Å²) < 4.78 is 0.626. The van der Waals surface area contributed by atoms with E-state index in [9.17, 15) is 4.79 Å². The first-order valence-electron chi connectivity index (χ1n) is 4.56. The average Bonchev–Trinajstić information content (AvgIpc) is 2.50. The van der Waals surface area contributed by atoms with Crippen LogP contribution in [0.2, 0.25) is 4.34 Å². The van der Waals surface area contributed by atoms with E-state index in [1.807, 2.05) is 6.92 Å². The molecule has 1 atom stereocenters. The molecule has 0 aliphatic rings. The van der Waals surface area contributed by atoms with Crippen LogP contribution in [0, 0.1) is 0 Å². The molecule has 0 amide bonds. The van der Waals surface area contributed by atoms with Gasteiger partial charge in [-0.15, -0.1) is 11.3 Å². The Kier molecular flexibility index (Phi) is 3.70. The zero-order chi connectivity index (χ0) is 10.8. The second kappa shape index (κ2) is 4.43. The summed E-state index contributed by atoms with van der Waals surface area (Å²) in [4.78, 5) is 12.5. The standard InChI is InChI=1S/C10H14ClNOS/c1-3-6-10(2,12)9(13)7-4-5-8(11)14-7/h4-5H,3,6,12H2,1-2H3. The summed E-state index contributed by atoms with van der Waals surface area (Å²) in [6, 6.07) is 3.46. The van der Waals surface area contributed by atoms with Crippen molar-refractivity contribution in [3.63, 3.8) is 0 Å². The molecule has 0 saturated heterocycles. The Morgan fingerprint density at radius 2 is 2.29 bits per heavy atom. The van der Waals surface area contributed by atoms with Crippen molar-refractivity contribution < 1.29 is 4.79 Å². The molecule has 0 bridgehead atoms. The van der Waals surface area contributed by atoms with Crippen molar-refractivity contribution in [1.82, 2.24) is 0 Å². The van der Waals surface area contributed by atoms with E-state index in [4.69, 9.17) is 17.3 Å². The summed E-state index contributed by atoms with van der Waals surface area (Å²) in [7, 11) is 0. The summed E-state index contributed by atoms with van der Waals surface area (Å²) in [6.45, 7) is 3.78. The van der Waals surface area contributed by atoms with Crippen molar-refractivity contribution in [2.45, 2.75) is 32.2 Å². The second-order valence-corrected chi connectivity index (χ2v) is 5.32. The van der Waals surface area contributed by atoms with Gasteiger partial charge < -0.3 is 5.73 Å². The minimum Gasteiger partial charge on any atom is -0.319 e. The third-order valence-corrected chi connectivity index (χ3v) is 3.31. The molecule has 1 rings (SSSR count). The zero-order valence-electron chi connectivity index (χ0n) is 8.34. The number of carbonyl (C=O) groups is 1. The number of halogens is 1. The Balaban J connectivity index is 2.84. The largest absolute Gasteiger partial charge is 0.319 e. The van der Waals surface area contributed by atoms with Gasteiger partial charge in [0.15, 0.2) is 5.78 Å². The van der Waals surface area contributed by atoms with E-state index in [1.54, 1.807) is 19.1 Å². The molecule has 1 heterocycles. The number of nitrogens with two attached hydrogens (primary N) is 1. The molecule has 1 aromatic heterocycles. The van der Waals surface area contributed by atoms with Gasteiger partial charge in [0.1, 0.15) is 0 Å². The molecule has 1 aromatic rings. The maximum Gasteiger partial charge on any atom is 0.192 e. The number of hydrogen-bond acceptors (Lipinski definition) is 3. The quantitative estimate of drug-likeness (QED) is 0.810. The van der Waals surface area contributed by atoms with Crippen LogP contribution in [0.5, 0.6) is 0 Å². The van der Waals surface area contributed by atoms with E-state index < -0.39 is 5.54 Å². The molecule has 0 aliphatic carbocycles. The molecule has 0 fully saturated rings. The van der Waals surface area contributed by atoms with Crippen LogP contribution in [0.25, 0.3) is 0 Å². The molecular formula is C10H14ClNOS. The lowest BCUT2D eigenvalue weighted by Gasteiger charge is -2.21. The third-order valence-electron chi connectivity index (χ3n) is 2.09. The maximum absolute atomic E-state index is 11.9. The number of ketones is 1. The lowest BCUT2D eigenvalue weighted by Crippen LogP contribution is -2.44. The van der Waals surface area contributed by atoms with Crippen LogP contribution in [0.15, 0.2) is 12.1 Å². The van der Waals surface area contributed by atoms with Crippen molar-refractivity contribution in [3.8, 4) is 0 Å². The van der Waals surface area contributed by atoms with E-state index in [-0.39, 0.29) is 5.78 Å². The molecule has 78 valence electrons. The van der Waals surface area contributed by atoms with Crippen LogP contribution in [0.1, 0.15) is 36.4 Å². The first-order valence-corrected chi connectivity index (χ1v) is 5.76. The van der Waals surface area contributed by atoms with Crippen molar-refractivity contribution in [3.05, 3.63) is 21.3 Å². The molecule has 2 nitrogen and oxygen atoms in total. The van der Waals surface area contributed by atoms with Crippen LogP contribution in [-0.2, 0) is 0 Å². The summed E-state index contributed by atoms with van der Waals surface area (Å²) >= 11 is 7.04. The molecule has 0 saturated carbocycles. The van der Waals surface area contributed by atoms with Gasteiger partial charge in [0.2, 0.25) is 0 Å². The molecule has 0 radical (unpaired) electrons. The molecular weight excluding hydrogens is 218 g/mol. The highest BCUT2D eigenvalue weighted by atomic mass is 35.5. The molecule has 0 aliphatic heterocycles. The smallest absolute Gasteiger partial charge is 0.192 e. The number of hydrogen-bond donors (Lipinski definition) is 1. The Morgan fingerprint density at radius 3 is 2.71 bits per heavy atom. The highest BCUT2D eigenvalue weighted by Crippen LogP contribution is 2.25. The Labute approximate surface area is 93.1 Å². The number of carbonyl (C=O) groups excluding carboxylic acids is 1. The minimum atomic E-state index is -0.761. The van der Waals surface area contributed by atoms with Gasteiger partial charge in [0, 0.05) is 0 Å². The van der Waals surface area contributed by atoms with Gasteiger partial charge >= 0.3 is 0 Å². The van der Waals surface area contributed by atoms with Gasteiger partial charge in [-0.3, -0.25) is 4.79 Å². The number of rotatable bonds is 4. The van der Waals surface area contributed by atoms with E-state index in [0.29, 0.717) is 15.6 Å². The van der Waals surface area contributed by atoms with Gasteiger partial charge in [-0.25, -0.2) is 0 Å². The van der Waals surface area contributed by atoms with Gasteiger partial charge in [-0.1, -0.05) is 24.9 Å². The lowest BCUT2D eigenvalue weighted by atomic mass is 9.91. The first-order chi connectivity index (χ1) is 6.47. The molecule has 4 heteroatoms. The van der Waals surface area contributed by atoms with Crippen molar-refractivity contribution >= 4 is 28.7 Å². The normalized spacial score (nSPS) is 15.1. The monoisotopic (exact) mass is 231 g/mol. The number of thiophene rings is 1.